The summed E-state index contributed by atoms with van der Waals surface area (Å²) < 4.78 is 10.4. The predicted octanol–water partition coefficient (Wildman–Crippen LogP) is 2.38. The quantitative estimate of drug-likeness (QED) is 0.881. The third kappa shape index (κ3) is 1.64. The molecule has 3 nitrogen and oxygen atoms in total. The molecule has 0 aromatic heterocycles. The number of hydrogen-bond donors (Lipinski definition) is 1. The lowest BCUT2D eigenvalue weighted by Crippen LogP contribution is -2.13. The van der Waals surface area contributed by atoms with Crippen molar-refractivity contribution in [1.82, 2.24) is 0 Å². The lowest BCUT2D eigenvalue weighted by Gasteiger charge is -2.18. The highest BCUT2D eigenvalue weighted by Crippen LogP contribution is 2.53. The Labute approximate surface area is 99.9 Å². The van der Waals surface area contributed by atoms with Gasteiger partial charge in [-0.15, -0.1) is 0 Å². The van der Waals surface area contributed by atoms with Crippen molar-refractivity contribution in [3.63, 3.8) is 0 Å². The van der Waals surface area contributed by atoms with Crippen molar-refractivity contribution in [3.05, 3.63) is 22.7 Å². The van der Waals surface area contributed by atoms with Crippen LogP contribution in [0.5, 0.6) is 11.5 Å². The van der Waals surface area contributed by atoms with Crippen LogP contribution in [0.2, 0.25) is 5.02 Å². The standard InChI is InChI=1S/C12H15ClO3/c1-15-9-4-3-8(10(13)11(9)16-2)12(7-14)5-6-12/h3-4,14H,5-7H2,1-2H3. The SMILES string of the molecule is COc1ccc(C2(CO)CC2)c(Cl)c1OC. The summed E-state index contributed by atoms with van der Waals surface area (Å²) in [5, 5.41) is 9.94. The van der Waals surface area contributed by atoms with Crippen molar-refractivity contribution < 1.29 is 14.6 Å². The molecule has 16 heavy (non-hydrogen) atoms. The molecule has 0 bridgehead atoms. The minimum atomic E-state index is -0.156. The summed E-state index contributed by atoms with van der Waals surface area (Å²) >= 11 is 6.28. The minimum absolute atomic E-state index is 0.127. The van der Waals surface area contributed by atoms with Crippen LogP contribution in [0.4, 0.5) is 0 Å². The van der Waals surface area contributed by atoms with Crippen LogP contribution in [0.15, 0.2) is 12.1 Å². The fourth-order valence-corrected chi connectivity index (χ4v) is 2.40. The smallest absolute Gasteiger partial charge is 0.179 e. The van der Waals surface area contributed by atoms with Crippen molar-refractivity contribution in [2.75, 3.05) is 20.8 Å². The van der Waals surface area contributed by atoms with Gasteiger partial charge in [-0.2, -0.15) is 0 Å². The van der Waals surface area contributed by atoms with Crippen LogP contribution in [0.1, 0.15) is 18.4 Å². The number of aliphatic hydroxyl groups excluding tert-OH is 1. The van der Waals surface area contributed by atoms with Crippen molar-refractivity contribution in [2.24, 2.45) is 0 Å². The van der Waals surface area contributed by atoms with Gasteiger partial charge in [0.2, 0.25) is 0 Å². The van der Waals surface area contributed by atoms with Gasteiger partial charge < -0.3 is 14.6 Å². The summed E-state index contributed by atoms with van der Waals surface area (Å²) in [6.07, 6.45) is 1.94. The van der Waals surface area contributed by atoms with Crippen LogP contribution >= 0.6 is 11.6 Å². The van der Waals surface area contributed by atoms with E-state index in [1.165, 1.54) is 0 Å². The summed E-state index contributed by atoms with van der Waals surface area (Å²) in [5.74, 6) is 1.16. The van der Waals surface area contributed by atoms with E-state index in [1.807, 2.05) is 12.1 Å². The number of aliphatic hydroxyl groups is 1. The Bertz CT molecular complexity index is 399. The number of halogens is 1. The molecule has 0 heterocycles. The second-order valence-corrected chi connectivity index (χ2v) is 4.48. The van der Waals surface area contributed by atoms with E-state index < -0.39 is 0 Å². The summed E-state index contributed by atoms with van der Waals surface area (Å²) in [5.41, 5.74) is 0.797. The molecule has 0 spiro atoms. The first-order valence-corrected chi connectivity index (χ1v) is 5.58. The molecule has 1 fully saturated rings. The maximum absolute atomic E-state index is 9.39. The van der Waals surface area contributed by atoms with E-state index in [2.05, 4.69) is 0 Å². The van der Waals surface area contributed by atoms with Gasteiger partial charge in [0.25, 0.3) is 0 Å². The molecule has 88 valence electrons. The molecule has 0 amide bonds. The van der Waals surface area contributed by atoms with Crippen LogP contribution in [0.3, 0.4) is 0 Å². The Morgan fingerprint density at radius 2 is 2.00 bits per heavy atom. The van der Waals surface area contributed by atoms with Gasteiger partial charge in [-0.25, -0.2) is 0 Å². The first-order valence-electron chi connectivity index (χ1n) is 5.20. The first kappa shape index (κ1) is 11.6. The fraction of sp³-hybridized carbons (Fsp3) is 0.500. The third-order valence-electron chi connectivity index (χ3n) is 3.21. The number of methoxy groups -OCH3 is 2. The van der Waals surface area contributed by atoms with Crippen LogP contribution in [-0.4, -0.2) is 25.9 Å². The van der Waals surface area contributed by atoms with Gasteiger partial charge >= 0.3 is 0 Å². The highest BCUT2D eigenvalue weighted by molar-refractivity contribution is 6.33. The van der Waals surface area contributed by atoms with Gasteiger partial charge in [0.1, 0.15) is 0 Å². The van der Waals surface area contributed by atoms with Gasteiger partial charge in [-0.3, -0.25) is 0 Å². The normalized spacial score (nSPS) is 17.0. The maximum Gasteiger partial charge on any atom is 0.179 e. The van der Waals surface area contributed by atoms with Gasteiger partial charge in [0.05, 0.1) is 25.8 Å². The van der Waals surface area contributed by atoms with Crippen molar-refractivity contribution in [2.45, 2.75) is 18.3 Å². The molecule has 1 saturated carbocycles. The van der Waals surface area contributed by atoms with Crippen molar-refractivity contribution in [1.29, 1.82) is 0 Å². The molecule has 0 unspecified atom stereocenters. The van der Waals surface area contributed by atoms with Crippen LogP contribution < -0.4 is 9.47 Å². The van der Waals surface area contributed by atoms with Crippen molar-refractivity contribution in [3.8, 4) is 11.5 Å². The van der Waals surface area contributed by atoms with Gasteiger partial charge in [0.15, 0.2) is 11.5 Å². The second-order valence-electron chi connectivity index (χ2n) is 4.10. The van der Waals surface area contributed by atoms with Gasteiger partial charge in [0, 0.05) is 5.41 Å². The summed E-state index contributed by atoms with van der Waals surface area (Å²) in [7, 11) is 3.14. The average molecular weight is 243 g/mol. The topological polar surface area (TPSA) is 38.7 Å². The number of ether oxygens (including phenoxy) is 2. The predicted molar refractivity (Wildman–Crippen MR) is 62.6 cm³/mol. The summed E-state index contributed by atoms with van der Waals surface area (Å²) in [6, 6.07) is 3.74. The van der Waals surface area contributed by atoms with Gasteiger partial charge in [-0.1, -0.05) is 17.7 Å². The molecule has 1 aliphatic rings. The van der Waals surface area contributed by atoms with E-state index in [4.69, 9.17) is 21.1 Å². The average Bonchev–Trinajstić information content (AvgIpc) is 3.09. The van der Waals surface area contributed by atoms with Crippen molar-refractivity contribution >= 4 is 11.6 Å². The molecule has 1 aliphatic carbocycles. The van der Waals surface area contributed by atoms with E-state index in [9.17, 15) is 5.11 Å². The Morgan fingerprint density at radius 1 is 1.31 bits per heavy atom. The van der Waals surface area contributed by atoms with Crippen LogP contribution in [0.25, 0.3) is 0 Å². The minimum Gasteiger partial charge on any atom is -0.493 e. The summed E-state index contributed by atoms with van der Waals surface area (Å²) in [4.78, 5) is 0. The largest absolute Gasteiger partial charge is 0.493 e. The highest BCUT2D eigenvalue weighted by atomic mass is 35.5. The number of hydrogen-bond acceptors (Lipinski definition) is 3. The number of rotatable bonds is 4. The van der Waals surface area contributed by atoms with Gasteiger partial charge in [-0.05, 0) is 24.5 Å². The number of benzene rings is 1. The molecule has 4 heteroatoms. The monoisotopic (exact) mass is 242 g/mol. The molecule has 1 N–H and O–H groups in total. The zero-order chi connectivity index (χ0) is 11.8. The van der Waals surface area contributed by atoms with E-state index in [1.54, 1.807) is 14.2 Å². The fourth-order valence-electron chi connectivity index (χ4n) is 1.96. The molecule has 0 saturated heterocycles. The van der Waals surface area contributed by atoms with E-state index in [0.29, 0.717) is 16.5 Å². The Kier molecular flexibility index (Phi) is 3.00. The Morgan fingerprint density at radius 3 is 2.44 bits per heavy atom. The molecular weight excluding hydrogens is 228 g/mol. The third-order valence-corrected chi connectivity index (χ3v) is 3.59. The molecule has 1 aromatic carbocycles. The highest BCUT2D eigenvalue weighted by Gasteiger charge is 2.45. The van der Waals surface area contributed by atoms with E-state index in [-0.39, 0.29) is 12.0 Å². The zero-order valence-electron chi connectivity index (χ0n) is 9.42. The van der Waals surface area contributed by atoms with E-state index >= 15 is 0 Å². The first-order chi connectivity index (χ1) is 7.68. The second kappa shape index (κ2) is 4.15. The molecular formula is C12H15ClO3. The Hall–Kier alpha value is -0.930. The van der Waals surface area contributed by atoms with Crippen LogP contribution in [0, 0.1) is 0 Å². The van der Waals surface area contributed by atoms with Crippen LogP contribution in [-0.2, 0) is 5.41 Å². The summed E-state index contributed by atoms with van der Waals surface area (Å²) in [6.45, 7) is 0.127. The lowest BCUT2D eigenvalue weighted by molar-refractivity contribution is 0.254. The lowest BCUT2D eigenvalue weighted by atomic mass is 9.96. The molecule has 0 aliphatic heterocycles. The zero-order valence-corrected chi connectivity index (χ0v) is 10.2. The Balaban J connectivity index is 2.49. The van der Waals surface area contributed by atoms with E-state index in [0.717, 1.165) is 18.4 Å². The molecule has 1 aromatic rings. The molecule has 0 atom stereocenters. The molecule has 2 rings (SSSR count). The maximum atomic E-state index is 9.39. The molecule has 0 radical (unpaired) electrons.